The summed E-state index contributed by atoms with van der Waals surface area (Å²) in [6, 6.07) is 9.20. The van der Waals surface area contributed by atoms with E-state index in [2.05, 4.69) is 26.2 Å². The van der Waals surface area contributed by atoms with E-state index in [1.807, 2.05) is 24.3 Å². The summed E-state index contributed by atoms with van der Waals surface area (Å²) in [6.45, 7) is 0.253. The summed E-state index contributed by atoms with van der Waals surface area (Å²) < 4.78 is 38.0. The highest BCUT2D eigenvalue weighted by Crippen LogP contribution is 2.28. The third-order valence-corrected chi connectivity index (χ3v) is 3.49. The van der Waals surface area contributed by atoms with E-state index < -0.39 is 17.6 Å². The fourth-order valence-corrected chi connectivity index (χ4v) is 2.03. The van der Waals surface area contributed by atoms with Crippen LogP contribution in [0.5, 0.6) is 0 Å². The van der Waals surface area contributed by atoms with Crippen LogP contribution in [0.2, 0.25) is 0 Å². The van der Waals surface area contributed by atoms with Crippen LogP contribution in [0.25, 0.3) is 0 Å². The molecule has 0 saturated heterocycles. The Bertz CT molecular complexity index is 641. The third-order valence-electron chi connectivity index (χ3n) is 2.72. The number of aromatic nitrogens is 1. The lowest BCUT2D eigenvalue weighted by Gasteiger charge is -2.08. The van der Waals surface area contributed by atoms with Gasteiger partial charge in [-0.2, -0.15) is 13.2 Å². The Morgan fingerprint density at radius 3 is 2.48 bits per heavy atom. The minimum absolute atomic E-state index is 0.0601. The van der Waals surface area contributed by atoms with E-state index in [0.29, 0.717) is 6.20 Å². The first-order valence-electron chi connectivity index (χ1n) is 5.93. The predicted octanol–water partition coefficient (Wildman–Crippen LogP) is 3.79. The summed E-state index contributed by atoms with van der Waals surface area (Å²) >= 11 is 3.34. The maximum absolute atomic E-state index is 12.4. The van der Waals surface area contributed by atoms with Crippen molar-refractivity contribution in [2.75, 3.05) is 0 Å². The lowest BCUT2D eigenvalue weighted by molar-refractivity contribution is -0.137. The van der Waals surface area contributed by atoms with Gasteiger partial charge in [-0.05, 0) is 23.8 Å². The van der Waals surface area contributed by atoms with E-state index in [1.165, 1.54) is 0 Å². The number of nitrogens with one attached hydrogen (secondary N) is 1. The fraction of sp³-hybridized carbons (Fsp3) is 0.143. The third kappa shape index (κ3) is 4.04. The summed E-state index contributed by atoms with van der Waals surface area (Å²) in [5.41, 5.74) is -0.0855. The fourth-order valence-electron chi connectivity index (χ4n) is 1.60. The predicted molar refractivity (Wildman–Crippen MR) is 74.6 cm³/mol. The van der Waals surface area contributed by atoms with Crippen molar-refractivity contribution in [1.82, 2.24) is 10.3 Å². The maximum atomic E-state index is 12.4. The molecule has 0 radical (unpaired) electrons. The Morgan fingerprint density at radius 1 is 1.19 bits per heavy atom. The number of rotatable bonds is 3. The number of alkyl halides is 3. The van der Waals surface area contributed by atoms with Crippen molar-refractivity contribution in [3.8, 4) is 0 Å². The Labute approximate surface area is 127 Å². The maximum Gasteiger partial charge on any atom is 0.417 e. The zero-order valence-corrected chi connectivity index (χ0v) is 12.2. The molecule has 0 atom stereocenters. The van der Waals surface area contributed by atoms with Crippen molar-refractivity contribution in [1.29, 1.82) is 0 Å². The highest BCUT2D eigenvalue weighted by molar-refractivity contribution is 9.10. The molecule has 0 saturated carbocycles. The van der Waals surface area contributed by atoms with Gasteiger partial charge in [0.05, 0.1) is 5.56 Å². The van der Waals surface area contributed by atoms with Crippen molar-refractivity contribution in [3.05, 3.63) is 63.9 Å². The molecule has 1 N–H and O–H groups in total. The molecular formula is C14H10BrF3N2O. The normalized spacial score (nSPS) is 11.2. The first-order valence-corrected chi connectivity index (χ1v) is 6.72. The quantitative estimate of drug-likeness (QED) is 0.906. The molecule has 2 aromatic rings. The van der Waals surface area contributed by atoms with Crippen molar-refractivity contribution in [2.45, 2.75) is 12.7 Å². The molecule has 0 spiro atoms. The zero-order chi connectivity index (χ0) is 15.5. The molecule has 0 aliphatic heterocycles. The monoisotopic (exact) mass is 358 g/mol. The Morgan fingerprint density at radius 2 is 1.90 bits per heavy atom. The van der Waals surface area contributed by atoms with Crippen molar-refractivity contribution in [2.24, 2.45) is 0 Å². The molecule has 0 aliphatic carbocycles. The van der Waals surface area contributed by atoms with Crippen LogP contribution in [0.3, 0.4) is 0 Å². The molecule has 0 fully saturated rings. The highest BCUT2D eigenvalue weighted by atomic mass is 79.9. The minimum Gasteiger partial charge on any atom is -0.347 e. The van der Waals surface area contributed by atoms with E-state index in [-0.39, 0.29) is 12.2 Å². The molecule has 110 valence electrons. The molecular weight excluding hydrogens is 349 g/mol. The molecule has 1 aromatic carbocycles. The number of hydrogen-bond acceptors (Lipinski definition) is 2. The number of pyridine rings is 1. The molecule has 21 heavy (non-hydrogen) atoms. The average molecular weight is 359 g/mol. The summed E-state index contributed by atoms with van der Waals surface area (Å²) in [5.74, 6) is -0.528. The van der Waals surface area contributed by atoms with Gasteiger partial charge in [-0.15, -0.1) is 0 Å². The second-order valence-corrected chi connectivity index (χ2v) is 5.06. The van der Waals surface area contributed by atoms with E-state index in [0.717, 1.165) is 22.2 Å². The van der Waals surface area contributed by atoms with Gasteiger partial charge in [0, 0.05) is 17.2 Å². The zero-order valence-electron chi connectivity index (χ0n) is 10.6. The average Bonchev–Trinajstić information content (AvgIpc) is 2.45. The molecule has 1 heterocycles. The number of carbonyl (C=O) groups excluding carboxylic acids is 1. The van der Waals surface area contributed by atoms with Crippen molar-refractivity contribution in [3.63, 3.8) is 0 Å². The molecule has 1 amide bonds. The number of benzene rings is 1. The number of nitrogens with zero attached hydrogens (tertiary/aromatic N) is 1. The highest BCUT2D eigenvalue weighted by Gasteiger charge is 2.30. The van der Waals surface area contributed by atoms with E-state index in [9.17, 15) is 18.0 Å². The largest absolute Gasteiger partial charge is 0.417 e. The molecule has 0 bridgehead atoms. The SMILES string of the molecule is O=C(NCc1ccccc1Br)c1ccc(C(F)(F)F)cn1. The number of carbonyl (C=O) groups is 1. The van der Waals surface area contributed by atoms with Crippen LogP contribution in [0.4, 0.5) is 13.2 Å². The Balaban J connectivity index is 2.03. The molecule has 3 nitrogen and oxygen atoms in total. The van der Waals surface area contributed by atoms with Gasteiger partial charge in [0.25, 0.3) is 5.91 Å². The number of hydrogen-bond donors (Lipinski definition) is 1. The van der Waals surface area contributed by atoms with Crippen LogP contribution in [0, 0.1) is 0 Å². The number of halogens is 4. The Hall–Kier alpha value is -1.89. The lowest BCUT2D eigenvalue weighted by atomic mass is 10.2. The van der Waals surface area contributed by atoms with Crippen LogP contribution >= 0.6 is 15.9 Å². The molecule has 2 rings (SSSR count). The van der Waals surface area contributed by atoms with Crippen LogP contribution in [-0.4, -0.2) is 10.9 Å². The van der Waals surface area contributed by atoms with Gasteiger partial charge >= 0.3 is 6.18 Å². The summed E-state index contributed by atoms with van der Waals surface area (Å²) in [7, 11) is 0. The summed E-state index contributed by atoms with van der Waals surface area (Å²) in [6.07, 6.45) is -3.82. The second kappa shape index (κ2) is 6.26. The lowest BCUT2D eigenvalue weighted by Crippen LogP contribution is -2.24. The van der Waals surface area contributed by atoms with Crippen LogP contribution in [-0.2, 0) is 12.7 Å². The summed E-state index contributed by atoms with van der Waals surface area (Å²) in [5, 5.41) is 2.60. The number of amides is 1. The van der Waals surface area contributed by atoms with Gasteiger partial charge in [-0.1, -0.05) is 34.1 Å². The second-order valence-electron chi connectivity index (χ2n) is 4.20. The van der Waals surface area contributed by atoms with Crippen molar-refractivity contribution < 1.29 is 18.0 Å². The van der Waals surface area contributed by atoms with Crippen LogP contribution < -0.4 is 5.32 Å². The van der Waals surface area contributed by atoms with E-state index >= 15 is 0 Å². The van der Waals surface area contributed by atoms with E-state index in [4.69, 9.17) is 0 Å². The van der Waals surface area contributed by atoms with Crippen LogP contribution in [0.1, 0.15) is 21.6 Å². The minimum atomic E-state index is -4.46. The van der Waals surface area contributed by atoms with Gasteiger partial charge < -0.3 is 5.32 Å². The first kappa shape index (κ1) is 15.5. The van der Waals surface area contributed by atoms with Gasteiger partial charge in [-0.25, -0.2) is 0 Å². The Kier molecular flexibility index (Phi) is 4.62. The topological polar surface area (TPSA) is 42.0 Å². The van der Waals surface area contributed by atoms with Gasteiger partial charge in [-0.3, -0.25) is 9.78 Å². The first-order chi connectivity index (χ1) is 9.88. The standard InChI is InChI=1S/C14H10BrF3N2O/c15-11-4-2-1-3-9(11)7-20-13(21)12-6-5-10(8-19-12)14(16,17)18/h1-6,8H,7H2,(H,20,21). The molecule has 0 aliphatic rings. The smallest absolute Gasteiger partial charge is 0.347 e. The molecule has 0 unspecified atom stereocenters. The van der Waals surface area contributed by atoms with E-state index in [1.54, 1.807) is 0 Å². The summed E-state index contributed by atoms with van der Waals surface area (Å²) in [4.78, 5) is 15.4. The van der Waals surface area contributed by atoms with Gasteiger partial charge in [0.15, 0.2) is 0 Å². The van der Waals surface area contributed by atoms with Gasteiger partial charge in [0.2, 0.25) is 0 Å². The van der Waals surface area contributed by atoms with Crippen LogP contribution in [0.15, 0.2) is 47.1 Å². The molecule has 1 aromatic heterocycles. The van der Waals surface area contributed by atoms with Gasteiger partial charge in [0.1, 0.15) is 5.69 Å². The van der Waals surface area contributed by atoms with Crippen molar-refractivity contribution >= 4 is 21.8 Å². The molecule has 7 heteroatoms.